The molecule has 96 valence electrons. The minimum Gasteiger partial charge on any atom is -0.293 e. The van der Waals surface area contributed by atoms with E-state index in [-0.39, 0.29) is 12.2 Å². The Balaban J connectivity index is 2.10. The normalized spacial score (nSPS) is 11.1. The fourth-order valence-corrected chi connectivity index (χ4v) is 2.60. The van der Waals surface area contributed by atoms with Crippen molar-refractivity contribution in [1.29, 1.82) is 0 Å². The zero-order chi connectivity index (χ0) is 13.1. The average molecular weight is 284 g/mol. The van der Waals surface area contributed by atoms with Gasteiger partial charge in [0.05, 0.1) is 15.6 Å². The van der Waals surface area contributed by atoms with E-state index in [9.17, 15) is 4.79 Å². The lowest BCUT2D eigenvalue weighted by molar-refractivity contribution is 0.0993. The second-order valence-corrected chi connectivity index (χ2v) is 6.17. The van der Waals surface area contributed by atoms with E-state index >= 15 is 0 Å². The van der Waals surface area contributed by atoms with E-state index in [1.54, 1.807) is 16.8 Å². The molecule has 0 saturated carbocycles. The van der Waals surface area contributed by atoms with Gasteiger partial charge in [-0.15, -0.1) is 11.3 Å². The van der Waals surface area contributed by atoms with Crippen LogP contribution in [0.1, 0.15) is 29.3 Å². The monoisotopic (exact) mass is 283 g/mol. The Morgan fingerprint density at radius 1 is 1.50 bits per heavy atom. The van der Waals surface area contributed by atoms with Crippen molar-refractivity contribution in [1.82, 2.24) is 14.8 Å². The van der Waals surface area contributed by atoms with Crippen LogP contribution < -0.4 is 0 Å². The predicted molar refractivity (Wildman–Crippen MR) is 72.2 cm³/mol. The fraction of sp³-hybridized carbons (Fsp3) is 0.417. The van der Waals surface area contributed by atoms with Gasteiger partial charge in [0.25, 0.3) is 0 Å². The molecule has 0 bridgehead atoms. The van der Waals surface area contributed by atoms with Gasteiger partial charge >= 0.3 is 0 Å². The molecular formula is C12H14ClN3OS. The molecule has 0 fully saturated rings. The molecule has 0 unspecified atom stereocenters. The average Bonchev–Trinajstić information content (AvgIpc) is 2.88. The summed E-state index contributed by atoms with van der Waals surface area (Å²) in [6, 6.07) is 3.48. The number of aromatic nitrogens is 3. The summed E-state index contributed by atoms with van der Waals surface area (Å²) < 4.78 is 2.42. The highest BCUT2D eigenvalue weighted by Crippen LogP contribution is 2.22. The second-order valence-electron chi connectivity index (χ2n) is 4.46. The first kappa shape index (κ1) is 13.2. The van der Waals surface area contributed by atoms with Gasteiger partial charge in [-0.25, -0.2) is 9.67 Å². The van der Waals surface area contributed by atoms with Crippen molar-refractivity contribution in [2.24, 2.45) is 5.92 Å². The van der Waals surface area contributed by atoms with Gasteiger partial charge in [0.15, 0.2) is 5.78 Å². The molecule has 0 aliphatic carbocycles. The molecule has 0 radical (unpaired) electrons. The zero-order valence-corrected chi connectivity index (χ0v) is 11.8. The highest BCUT2D eigenvalue weighted by molar-refractivity contribution is 7.18. The molecule has 0 amide bonds. The summed E-state index contributed by atoms with van der Waals surface area (Å²) in [6.45, 7) is 4.98. The van der Waals surface area contributed by atoms with Crippen LogP contribution in [0.15, 0.2) is 18.5 Å². The van der Waals surface area contributed by atoms with E-state index in [4.69, 9.17) is 11.6 Å². The van der Waals surface area contributed by atoms with Crippen LogP contribution in [0, 0.1) is 5.92 Å². The molecular weight excluding hydrogens is 270 g/mol. The van der Waals surface area contributed by atoms with Gasteiger partial charge in [0, 0.05) is 6.54 Å². The summed E-state index contributed by atoms with van der Waals surface area (Å²) in [6.07, 6.45) is 1.76. The lowest BCUT2D eigenvalue weighted by Crippen LogP contribution is -2.13. The Bertz CT molecular complexity index is 547. The van der Waals surface area contributed by atoms with Gasteiger partial charge in [-0.1, -0.05) is 25.4 Å². The number of Topliss-reactive ketones (excluding diaryl/α,β-unsaturated/α-hetero) is 1. The van der Waals surface area contributed by atoms with Crippen molar-refractivity contribution in [2.45, 2.75) is 26.8 Å². The smallest absolute Gasteiger partial charge is 0.180 e. The summed E-state index contributed by atoms with van der Waals surface area (Å²) in [5.41, 5.74) is 0. The van der Waals surface area contributed by atoms with Crippen molar-refractivity contribution in [3.05, 3.63) is 33.5 Å². The Labute approximate surface area is 115 Å². The molecule has 0 aliphatic rings. The summed E-state index contributed by atoms with van der Waals surface area (Å²) in [5.74, 6) is 1.21. The van der Waals surface area contributed by atoms with Crippen LogP contribution in [0.2, 0.25) is 4.34 Å². The Morgan fingerprint density at radius 2 is 2.28 bits per heavy atom. The third-order valence-corrected chi connectivity index (χ3v) is 3.67. The van der Waals surface area contributed by atoms with E-state index in [0.717, 1.165) is 6.54 Å². The van der Waals surface area contributed by atoms with E-state index in [1.807, 2.05) is 0 Å². The van der Waals surface area contributed by atoms with E-state index in [1.165, 1.54) is 17.7 Å². The van der Waals surface area contributed by atoms with Gasteiger partial charge in [0.1, 0.15) is 12.2 Å². The third kappa shape index (κ3) is 3.17. The van der Waals surface area contributed by atoms with Gasteiger partial charge in [-0.2, -0.15) is 5.10 Å². The first-order chi connectivity index (χ1) is 8.56. The van der Waals surface area contributed by atoms with Gasteiger partial charge in [0.2, 0.25) is 0 Å². The zero-order valence-electron chi connectivity index (χ0n) is 10.3. The van der Waals surface area contributed by atoms with E-state index in [0.29, 0.717) is 21.0 Å². The lowest BCUT2D eigenvalue weighted by Gasteiger charge is -2.07. The van der Waals surface area contributed by atoms with E-state index < -0.39 is 0 Å². The third-order valence-electron chi connectivity index (χ3n) is 2.40. The van der Waals surface area contributed by atoms with Crippen LogP contribution in [0.25, 0.3) is 0 Å². The summed E-state index contributed by atoms with van der Waals surface area (Å²) in [7, 11) is 0. The molecule has 0 atom stereocenters. The maximum Gasteiger partial charge on any atom is 0.180 e. The largest absolute Gasteiger partial charge is 0.293 e. The van der Waals surface area contributed by atoms with Crippen LogP contribution in [0.3, 0.4) is 0 Å². The molecule has 0 N–H and O–H groups in total. The van der Waals surface area contributed by atoms with Crippen molar-refractivity contribution in [2.75, 3.05) is 0 Å². The van der Waals surface area contributed by atoms with Crippen molar-refractivity contribution < 1.29 is 4.79 Å². The van der Waals surface area contributed by atoms with Crippen LogP contribution >= 0.6 is 22.9 Å². The molecule has 2 aromatic heterocycles. The number of ketones is 1. The van der Waals surface area contributed by atoms with E-state index in [2.05, 4.69) is 23.9 Å². The molecule has 0 aromatic carbocycles. The molecule has 2 aromatic rings. The maximum atomic E-state index is 12.0. The first-order valence-electron chi connectivity index (χ1n) is 5.71. The Kier molecular flexibility index (Phi) is 4.14. The molecule has 4 nitrogen and oxygen atoms in total. The molecule has 6 heteroatoms. The highest BCUT2D eigenvalue weighted by Gasteiger charge is 2.14. The molecule has 18 heavy (non-hydrogen) atoms. The lowest BCUT2D eigenvalue weighted by atomic mass is 10.2. The molecule has 2 heterocycles. The molecule has 0 aliphatic heterocycles. The van der Waals surface area contributed by atoms with Crippen molar-refractivity contribution in [3.63, 3.8) is 0 Å². The number of hydrogen-bond acceptors (Lipinski definition) is 4. The summed E-state index contributed by atoms with van der Waals surface area (Å²) >= 11 is 7.12. The number of halogens is 1. The molecule has 2 rings (SSSR count). The number of carbonyl (C=O) groups excluding carboxylic acids is 1. The van der Waals surface area contributed by atoms with Crippen LogP contribution in [-0.4, -0.2) is 20.5 Å². The second kappa shape index (κ2) is 5.63. The first-order valence-corrected chi connectivity index (χ1v) is 6.91. The number of thiophene rings is 1. The number of hydrogen-bond donors (Lipinski definition) is 0. The topological polar surface area (TPSA) is 47.8 Å². The maximum absolute atomic E-state index is 12.0. The van der Waals surface area contributed by atoms with Gasteiger partial charge in [-0.3, -0.25) is 4.79 Å². The number of rotatable bonds is 5. The molecule has 0 saturated heterocycles. The minimum atomic E-state index is 0.0323. The Hall–Kier alpha value is -1.20. The predicted octanol–water partition coefficient (Wildman–Crippen LogP) is 3.07. The standard InChI is InChI=1S/C12H14ClN3OS/c1-8(2)6-16-12(14-7-15-16)5-9(17)10-3-4-11(13)18-10/h3-4,7-8H,5-6H2,1-2H3. The van der Waals surface area contributed by atoms with Crippen LogP contribution in [0.5, 0.6) is 0 Å². The summed E-state index contributed by atoms with van der Waals surface area (Å²) in [5, 5.41) is 4.14. The fourth-order valence-electron chi connectivity index (χ4n) is 1.62. The minimum absolute atomic E-state index is 0.0323. The number of nitrogens with zero attached hydrogens (tertiary/aromatic N) is 3. The Morgan fingerprint density at radius 3 is 2.89 bits per heavy atom. The van der Waals surface area contributed by atoms with Crippen LogP contribution in [-0.2, 0) is 13.0 Å². The summed E-state index contributed by atoms with van der Waals surface area (Å²) in [4.78, 5) is 16.8. The van der Waals surface area contributed by atoms with Crippen molar-refractivity contribution in [3.8, 4) is 0 Å². The SMILES string of the molecule is CC(C)Cn1ncnc1CC(=O)c1ccc(Cl)s1. The number of carbonyl (C=O) groups is 1. The van der Waals surface area contributed by atoms with Crippen LogP contribution in [0.4, 0.5) is 0 Å². The van der Waals surface area contributed by atoms with Gasteiger partial charge in [-0.05, 0) is 18.1 Å². The highest BCUT2D eigenvalue weighted by atomic mass is 35.5. The van der Waals surface area contributed by atoms with Crippen molar-refractivity contribution >= 4 is 28.7 Å². The molecule has 0 spiro atoms. The van der Waals surface area contributed by atoms with Gasteiger partial charge < -0.3 is 0 Å². The quantitative estimate of drug-likeness (QED) is 0.792.